The molecule has 0 radical (unpaired) electrons. The van der Waals surface area contributed by atoms with E-state index < -0.39 is 0 Å². The summed E-state index contributed by atoms with van der Waals surface area (Å²) in [5.41, 5.74) is 4.85. The second kappa shape index (κ2) is 7.60. The fraction of sp³-hybridized carbons (Fsp3) is 0.240. The molecule has 1 aliphatic heterocycles. The third kappa shape index (κ3) is 3.77. The third-order valence-electron chi connectivity index (χ3n) is 5.37. The van der Waals surface area contributed by atoms with E-state index in [2.05, 4.69) is 80.9 Å². The highest BCUT2D eigenvalue weighted by Gasteiger charge is 2.34. The van der Waals surface area contributed by atoms with Crippen LogP contribution in [0.1, 0.15) is 48.4 Å². The summed E-state index contributed by atoms with van der Waals surface area (Å²) in [6.07, 6.45) is 1.81. The van der Waals surface area contributed by atoms with Crippen LogP contribution in [0.2, 0.25) is 0 Å². The molecule has 0 fully saturated rings. The Hall–Kier alpha value is -2.72. The first kappa shape index (κ1) is 19.6. The smallest absolute Gasteiger partial charge is 0.262 e. The number of hydrogen-bond donors (Lipinski definition) is 1. The Labute approximate surface area is 177 Å². The lowest BCUT2D eigenvalue weighted by atomic mass is 9.87. The average molecular weight is 403 g/mol. The van der Waals surface area contributed by atoms with Gasteiger partial charge >= 0.3 is 0 Å². The van der Waals surface area contributed by atoms with Gasteiger partial charge in [-0.25, -0.2) is 0 Å². The Morgan fingerprint density at radius 1 is 0.897 bits per heavy atom. The molecule has 0 saturated heterocycles. The first-order chi connectivity index (χ1) is 13.9. The van der Waals surface area contributed by atoms with Gasteiger partial charge in [-0.1, -0.05) is 57.2 Å². The van der Waals surface area contributed by atoms with Crippen molar-refractivity contribution >= 4 is 29.0 Å². The van der Waals surface area contributed by atoms with Gasteiger partial charge in [0.1, 0.15) is 6.17 Å². The largest absolute Gasteiger partial charge is 0.360 e. The minimum Gasteiger partial charge on any atom is -0.360 e. The summed E-state index contributed by atoms with van der Waals surface area (Å²) in [6.45, 7) is 6.59. The number of benzene rings is 3. The number of thioether (sulfide) groups is 1. The van der Waals surface area contributed by atoms with Crippen LogP contribution in [-0.2, 0) is 5.41 Å². The van der Waals surface area contributed by atoms with Crippen LogP contribution in [0, 0.1) is 0 Å². The summed E-state index contributed by atoms with van der Waals surface area (Å²) in [5.74, 6) is 0.0156. The summed E-state index contributed by atoms with van der Waals surface area (Å²) < 4.78 is 0. The standard InChI is InChI=1S/C25H26N2OS/c1-25(2,3)18-11-13-19(14-12-18)27-23(17-9-15-20(29-4)16-10-17)26-22-8-6-5-7-21(22)24(27)28/h5-16,23,26H,1-4H3. The average Bonchev–Trinajstić information content (AvgIpc) is 2.73. The van der Waals surface area contributed by atoms with E-state index in [1.165, 1.54) is 10.5 Å². The van der Waals surface area contributed by atoms with Crippen LogP contribution in [-0.4, -0.2) is 12.2 Å². The van der Waals surface area contributed by atoms with Crippen molar-refractivity contribution in [3.05, 3.63) is 89.5 Å². The molecule has 1 amide bonds. The van der Waals surface area contributed by atoms with Crippen molar-refractivity contribution in [2.75, 3.05) is 16.5 Å². The van der Waals surface area contributed by atoms with Crippen molar-refractivity contribution in [2.24, 2.45) is 0 Å². The van der Waals surface area contributed by atoms with E-state index in [-0.39, 0.29) is 17.5 Å². The first-order valence-corrected chi connectivity index (χ1v) is 11.0. The fourth-order valence-electron chi connectivity index (χ4n) is 3.66. The van der Waals surface area contributed by atoms with E-state index in [9.17, 15) is 4.79 Å². The van der Waals surface area contributed by atoms with Crippen molar-refractivity contribution in [1.29, 1.82) is 0 Å². The first-order valence-electron chi connectivity index (χ1n) is 9.82. The Morgan fingerprint density at radius 2 is 1.55 bits per heavy atom. The summed E-state index contributed by atoms with van der Waals surface area (Å²) in [6, 6.07) is 24.5. The Balaban J connectivity index is 1.79. The predicted molar refractivity (Wildman–Crippen MR) is 123 cm³/mol. The van der Waals surface area contributed by atoms with Gasteiger partial charge < -0.3 is 5.32 Å². The number of amides is 1. The molecule has 1 aliphatic rings. The highest BCUT2D eigenvalue weighted by molar-refractivity contribution is 7.98. The van der Waals surface area contributed by atoms with Gasteiger partial charge in [0, 0.05) is 16.3 Å². The predicted octanol–water partition coefficient (Wildman–Crippen LogP) is 6.48. The van der Waals surface area contributed by atoms with Crippen LogP contribution < -0.4 is 10.2 Å². The van der Waals surface area contributed by atoms with Gasteiger partial charge in [0.2, 0.25) is 0 Å². The lowest BCUT2D eigenvalue weighted by Crippen LogP contribution is -2.43. The lowest BCUT2D eigenvalue weighted by Gasteiger charge is -2.38. The molecule has 1 N–H and O–H groups in total. The number of rotatable bonds is 3. The minimum atomic E-state index is -0.256. The van der Waals surface area contributed by atoms with Gasteiger partial charge in [-0.3, -0.25) is 9.69 Å². The number of anilines is 2. The third-order valence-corrected chi connectivity index (χ3v) is 6.11. The van der Waals surface area contributed by atoms with Gasteiger partial charge in [-0.15, -0.1) is 11.8 Å². The van der Waals surface area contributed by atoms with Crippen molar-refractivity contribution in [1.82, 2.24) is 0 Å². The van der Waals surface area contributed by atoms with Gasteiger partial charge in [0.15, 0.2) is 0 Å². The molecule has 148 valence electrons. The molecule has 3 aromatic rings. The number of carbonyl (C=O) groups is 1. The number of nitrogens with zero attached hydrogens (tertiary/aromatic N) is 1. The molecule has 0 bridgehead atoms. The van der Waals surface area contributed by atoms with E-state index in [0.717, 1.165) is 16.9 Å². The molecular formula is C25H26N2OS. The molecule has 0 spiro atoms. The molecule has 0 aromatic heterocycles. The van der Waals surface area contributed by atoms with Crippen LogP contribution in [0.15, 0.2) is 77.7 Å². The highest BCUT2D eigenvalue weighted by Crippen LogP contribution is 2.37. The molecule has 1 unspecified atom stereocenters. The quantitative estimate of drug-likeness (QED) is 0.509. The monoisotopic (exact) mass is 402 g/mol. The molecule has 3 nitrogen and oxygen atoms in total. The van der Waals surface area contributed by atoms with Gasteiger partial charge in [0.05, 0.1) is 5.56 Å². The number of nitrogens with one attached hydrogen (secondary N) is 1. The molecule has 3 aromatic carbocycles. The summed E-state index contributed by atoms with van der Waals surface area (Å²) in [7, 11) is 0. The number of hydrogen-bond acceptors (Lipinski definition) is 3. The second-order valence-electron chi connectivity index (χ2n) is 8.34. The molecule has 1 atom stereocenters. The van der Waals surface area contributed by atoms with E-state index in [0.29, 0.717) is 5.56 Å². The number of para-hydroxylation sites is 1. The zero-order chi connectivity index (χ0) is 20.6. The minimum absolute atomic E-state index is 0.0156. The maximum absolute atomic E-state index is 13.5. The number of carbonyl (C=O) groups excluding carboxylic acids is 1. The Morgan fingerprint density at radius 3 is 2.17 bits per heavy atom. The van der Waals surface area contributed by atoms with Crippen LogP contribution >= 0.6 is 11.8 Å². The molecular weight excluding hydrogens is 376 g/mol. The maximum atomic E-state index is 13.5. The van der Waals surface area contributed by atoms with Crippen LogP contribution in [0.4, 0.5) is 11.4 Å². The van der Waals surface area contributed by atoms with Crippen molar-refractivity contribution in [3.8, 4) is 0 Å². The highest BCUT2D eigenvalue weighted by atomic mass is 32.2. The van der Waals surface area contributed by atoms with E-state index >= 15 is 0 Å². The van der Waals surface area contributed by atoms with Crippen molar-refractivity contribution < 1.29 is 4.79 Å². The normalized spacial score (nSPS) is 16.3. The second-order valence-corrected chi connectivity index (χ2v) is 9.22. The van der Waals surface area contributed by atoms with Crippen LogP contribution in [0.3, 0.4) is 0 Å². The molecule has 0 saturated carbocycles. The molecule has 4 rings (SSSR count). The van der Waals surface area contributed by atoms with Crippen molar-refractivity contribution in [2.45, 2.75) is 37.2 Å². The van der Waals surface area contributed by atoms with E-state index in [4.69, 9.17) is 0 Å². The summed E-state index contributed by atoms with van der Waals surface area (Å²) in [4.78, 5) is 16.6. The van der Waals surface area contributed by atoms with Gasteiger partial charge in [-0.05, 0) is 59.2 Å². The maximum Gasteiger partial charge on any atom is 0.262 e. The number of fused-ring (bicyclic) bond motifs is 1. The van der Waals surface area contributed by atoms with Gasteiger partial charge in [0.25, 0.3) is 5.91 Å². The van der Waals surface area contributed by atoms with E-state index in [1.807, 2.05) is 29.2 Å². The summed E-state index contributed by atoms with van der Waals surface area (Å²) in [5, 5.41) is 3.57. The molecule has 29 heavy (non-hydrogen) atoms. The SMILES string of the molecule is CSc1ccc(C2Nc3ccccc3C(=O)N2c2ccc(C(C)(C)C)cc2)cc1. The molecule has 4 heteroatoms. The zero-order valence-electron chi connectivity index (χ0n) is 17.3. The van der Waals surface area contributed by atoms with E-state index in [1.54, 1.807) is 11.8 Å². The van der Waals surface area contributed by atoms with Crippen LogP contribution in [0.25, 0.3) is 0 Å². The Bertz CT molecular complexity index is 1020. The topological polar surface area (TPSA) is 32.3 Å². The fourth-order valence-corrected chi connectivity index (χ4v) is 4.07. The Kier molecular flexibility index (Phi) is 5.13. The lowest BCUT2D eigenvalue weighted by molar-refractivity contribution is 0.0975. The van der Waals surface area contributed by atoms with Gasteiger partial charge in [-0.2, -0.15) is 0 Å². The van der Waals surface area contributed by atoms with Crippen molar-refractivity contribution in [3.63, 3.8) is 0 Å². The summed E-state index contributed by atoms with van der Waals surface area (Å²) >= 11 is 1.71. The molecule has 1 heterocycles. The molecule has 0 aliphatic carbocycles. The zero-order valence-corrected chi connectivity index (χ0v) is 18.1. The van der Waals surface area contributed by atoms with Crippen LogP contribution in [0.5, 0.6) is 0 Å².